The number of fused-ring (bicyclic) bond motifs is 4. The molecule has 1 aromatic heterocycles. The molecule has 0 unspecified atom stereocenters. The van der Waals surface area contributed by atoms with Gasteiger partial charge in [-0.15, -0.1) is 0 Å². The minimum Gasteiger partial charge on any atom is -0.497 e. The van der Waals surface area contributed by atoms with Gasteiger partial charge in [0.15, 0.2) is 0 Å². The fraction of sp³-hybridized carbons (Fsp3) is 0.364. The van der Waals surface area contributed by atoms with Crippen LogP contribution in [0.4, 0.5) is 8.78 Å². The minimum absolute atomic E-state index is 0.00521. The maximum absolute atomic E-state index is 14.0. The highest BCUT2D eigenvalue weighted by Crippen LogP contribution is 2.45. The lowest BCUT2D eigenvalue weighted by molar-refractivity contribution is 0.0440. The van der Waals surface area contributed by atoms with Crippen LogP contribution < -0.4 is 10.1 Å². The van der Waals surface area contributed by atoms with Crippen molar-refractivity contribution < 1.29 is 18.6 Å². The Morgan fingerprint density at radius 3 is 2.79 bits per heavy atom. The summed E-state index contributed by atoms with van der Waals surface area (Å²) in [4.78, 5) is 5.60. The summed E-state index contributed by atoms with van der Waals surface area (Å²) < 4.78 is 32.9. The van der Waals surface area contributed by atoms with Crippen molar-refractivity contribution in [3.05, 3.63) is 64.9 Å². The van der Waals surface area contributed by atoms with Crippen molar-refractivity contribution in [2.75, 3.05) is 33.4 Å². The highest BCUT2D eigenvalue weighted by Gasteiger charge is 2.50. The highest BCUT2D eigenvalue weighted by atomic mass is 19.1. The van der Waals surface area contributed by atoms with Crippen LogP contribution >= 0.6 is 0 Å². The standard InChI is InChI=1S/C22H23F2N3O2/c1-29-15-3-4-16-18(7-15)26-21-19(9-28)25-10-22(20(16)21)11-27(12-22)8-13-6-14(23)2-5-17(13)24/h2-7,19,25-26,28H,8-12H2,1H3/t19-/m0/s1. The third-order valence-corrected chi connectivity index (χ3v) is 6.24. The molecule has 0 aliphatic carbocycles. The molecule has 5 rings (SSSR count). The molecule has 2 aliphatic rings. The van der Waals surface area contributed by atoms with Crippen LogP contribution in [-0.4, -0.2) is 48.3 Å². The number of hydrogen-bond donors (Lipinski definition) is 3. The number of benzene rings is 2. The Kier molecular flexibility index (Phi) is 4.34. The molecule has 0 amide bonds. The van der Waals surface area contributed by atoms with Gasteiger partial charge in [-0.25, -0.2) is 8.78 Å². The molecule has 3 N–H and O–H groups in total. The van der Waals surface area contributed by atoms with Crippen LogP contribution in [0.25, 0.3) is 10.9 Å². The van der Waals surface area contributed by atoms with Gasteiger partial charge in [-0.1, -0.05) is 0 Å². The van der Waals surface area contributed by atoms with E-state index in [0.717, 1.165) is 48.0 Å². The van der Waals surface area contributed by atoms with Gasteiger partial charge in [-0.2, -0.15) is 0 Å². The molecule has 2 aromatic carbocycles. The van der Waals surface area contributed by atoms with E-state index in [4.69, 9.17) is 4.74 Å². The van der Waals surface area contributed by atoms with Crippen LogP contribution in [0.15, 0.2) is 36.4 Å². The molecule has 2 aliphatic heterocycles. The molecule has 29 heavy (non-hydrogen) atoms. The van der Waals surface area contributed by atoms with E-state index in [2.05, 4.69) is 21.3 Å². The molecule has 1 atom stereocenters. The van der Waals surface area contributed by atoms with Crippen LogP contribution in [-0.2, 0) is 12.0 Å². The summed E-state index contributed by atoms with van der Waals surface area (Å²) in [7, 11) is 1.64. The number of rotatable bonds is 4. The molecule has 1 fully saturated rings. The summed E-state index contributed by atoms with van der Waals surface area (Å²) in [5, 5.41) is 14.4. The van der Waals surface area contributed by atoms with Crippen molar-refractivity contribution in [1.29, 1.82) is 0 Å². The zero-order valence-corrected chi connectivity index (χ0v) is 16.1. The molecule has 5 nitrogen and oxygen atoms in total. The maximum Gasteiger partial charge on any atom is 0.127 e. The van der Waals surface area contributed by atoms with Gasteiger partial charge in [0.2, 0.25) is 0 Å². The van der Waals surface area contributed by atoms with E-state index in [1.165, 1.54) is 17.7 Å². The number of hydrogen-bond acceptors (Lipinski definition) is 4. The zero-order chi connectivity index (χ0) is 20.2. The number of H-pyrrole nitrogens is 1. The molecule has 1 saturated heterocycles. The van der Waals surface area contributed by atoms with Crippen molar-refractivity contribution in [2.45, 2.75) is 18.0 Å². The monoisotopic (exact) mass is 399 g/mol. The number of aliphatic hydroxyl groups excluding tert-OH is 1. The Morgan fingerprint density at radius 1 is 1.21 bits per heavy atom. The van der Waals surface area contributed by atoms with Crippen LogP contribution in [0, 0.1) is 11.6 Å². The van der Waals surface area contributed by atoms with Crippen molar-refractivity contribution in [3.63, 3.8) is 0 Å². The lowest BCUT2D eigenvalue weighted by Crippen LogP contribution is -2.65. The molecule has 152 valence electrons. The van der Waals surface area contributed by atoms with E-state index in [1.54, 1.807) is 7.11 Å². The first kappa shape index (κ1) is 18.5. The van der Waals surface area contributed by atoms with Gasteiger partial charge in [0.1, 0.15) is 17.4 Å². The Hall–Kier alpha value is -2.48. The third kappa shape index (κ3) is 2.92. The summed E-state index contributed by atoms with van der Waals surface area (Å²) >= 11 is 0. The number of halogens is 2. The molecule has 7 heteroatoms. The number of nitrogens with zero attached hydrogens (tertiary/aromatic N) is 1. The predicted octanol–water partition coefficient (Wildman–Crippen LogP) is 2.84. The maximum atomic E-state index is 14.0. The number of likely N-dealkylation sites (tertiary alicyclic amines) is 1. The number of ether oxygens (including phenoxy) is 1. The number of methoxy groups -OCH3 is 1. The minimum atomic E-state index is -0.422. The Bertz CT molecular complexity index is 1080. The number of aliphatic hydroxyl groups is 1. The lowest BCUT2D eigenvalue weighted by atomic mass is 9.69. The fourth-order valence-electron chi connectivity index (χ4n) is 4.92. The average molecular weight is 399 g/mol. The number of nitrogens with one attached hydrogen (secondary N) is 2. The quantitative estimate of drug-likeness (QED) is 0.632. The van der Waals surface area contributed by atoms with Gasteiger partial charge in [0.05, 0.1) is 19.8 Å². The summed E-state index contributed by atoms with van der Waals surface area (Å²) in [6.45, 7) is 2.58. The highest BCUT2D eigenvalue weighted by molar-refractivity contribution is 5.88. The van der Waals surface area contributed by atoms with Crippen LogP contribution in [0.5, 0.6) is 5.75 Å². The fourth-order valence-corrected chi connectivity index (χ4v) is 4.92. The normalized spacial score (nSPS) is 20.6. The van der Waals surface area contributed by atoms with Crippen LogP contribution in [0.3, 0.4) is 0 Å². The summed E-state index contributed by atoms with van der Waals surface area (Å²) in [6, 6.07) is 9.41. The van der Waals surface area contributed by atoms with Gasteiger partial charge in [-0.3, -0.25) is 4.90 Å². The van der Waals surface area contributed by atoms with Crippen molar-refractivity contribution in [2.24, 2.45) is 0 Å². The van der Waals surface area contributed by atoms with Gasteiger partial charge in [0.25, 0.3) is 0 Å². The topological polar surface area (TPSA) is 60.5 Å². The van der Waals surface area contributed by atoms with Gasteiger partial charge in [-0.05, 0) is 35.9 Å². The van der Waals surface area contributed by atoms with E-state index in [9.17, 15) is 13.9 Å². The van der Waals surface area contributed by atoms with E-state index in [0.29, 0.717) is 12.1 Å². The second-order valence-electron chi connectivity index (χ2n) is 8.10. The van der Waals surface area contributed by atoms with E-state index in [1.807, 2.05) is 12.1 Å². The second kappa shape index (κ2) is 6.79. The molecular formula is C22H23F2N3O2. The first-order valence-electron chi connectivity index (χ1n) is 9.73. The summed E-state index contributed by atoms with van der Waals surface area (Å²) in [5.74, 6) is -0.0283. The largest absolute Gasteiger partial charge is 0.497 e. The molecule has 0 bridgehead atoms. The van der Waals surface area contributed by atoms with Crippen molar-refractivity contribution in [1.82, 2.24) is 15.2 Å². The van der Waals surface area contributed by atoms with Crippen LogP contribution in [0.1, 0.15) is 22.9 Å². The van der Waals surface area contributed by atoms with E-state index >= 15 is 0 Å². The number of aromatic nitrogens is 1. The second-order valence-corrected chi connectivity index (χ2v) is 8.10. The summed E-state index contributed by atoms with van der Waals surface area (Å²) in [6.07, 6.45) is 0. The third-order valence-electron chi connectivity index (χ3n) is 6.24. The SMILES string of the molecule is COc1ccc2c3c([nH]c2c1)[C@H](CO)NCC31CN(Cc2cc(F)ccc2F)C1. The smallest absolute Gasteiger partial charge is 0.127 e. The lowest BCUT2D eigenvalue weighted by Gasteiger charge is -2.53. The Morgan fingerprint density at radius 2 is 2.03 bits per heavy atom. The molecule has 3 heterocycles. The molecule has 1 spiro atoms. The van der Waals surface area contributed by atoms with Gasteiger partial charge in [0, 0.05) is 59.8 Å². The van der Waals surface area contributed by atoms with Crippen molar-refractivity contribution >= 4 is 10.9 Å². The zero-order valence-electron chi connectivity index (χ0n) is 16.1. The van der Waals surface area contributed by atoms with Crippen molar-refractivity contribution in [3.8, 4) is 5.75 Å². The Labute approximate surface area is 167 Å². The molecule has 0 radical (unpaired) electrons. The average Bonchev–Trinajstić information content (AvgIpc) is 3.08. The number of aromatic amines is 1. The molecule has 3 aromatic rings. The van der Waals surface area contributed by atoms with Gasteiger partial charge >= 0.3 is 0 Å². The Balaban J connectivity index is 1.48. The first-order valence-corrected chi connectivity index (χ1v) is 9.73. The molecule has 0 saturated carbocycles. The summed E-state index contributed by atoms with van der Waals surface area (Å²) in [5.41, 5.74) is 3.44. The first-order chi connectivity index (χ1) is 14.0. The van der Waals surface area contributed by atoms with Crippen LogP contribution in [0.2, 0.25) is 0 Å². The predicted molar refractivity (Wildman–Crippen MR) is 106 cm³/mol. The van der Waals surface area contributed by atoms with E-state index in [-0.39, 0.29) is 23.9 Å². The molecular weight excluding hydrogens is 376 g/mol. The van der Waals surface area contributed by atoms with Gasteiger partial charge < -0.3 is 20.1 Å². The van der Waals surface area contributed by atoms with E-state index < -0.39 is 5.82 Å².